The number of phenolic OH excluding ortho intramolecular Hbond substituents is 1. The molecule has 2 aliphatic heterocycles. The largest absolute Gasteiger partial charge is 0.506 e. The van der Waals surface area contributed by atoms with Crippen LogP contribution < -0.4 is 10.2 Å². The van der Waals surface area contributed by atoms with Crippen molar-refractivity contribution in [3.05, 3.63) is 29.7 Å². The lowest BCUT2D eigenvalue weighted by Crippen LogP contribution is -2.41. The lowest BCUT2D eigenvalue weighted by molar-refractivity contribution is 0.0300. The van der Waals surface area contributed by atoms with Gasteiger partial charge >= 0.3 is 0 Å². The topological polar surface area (TPSA) is 129 Å². The van der Waals surface area contributed by atoms with Crippen LogP contribution in [0.15, 0.2) is 18.2 Å². The van der Waals surface area contributed by atoms with E-state index in [-0.39, 0.29) is 23.3 Å². The number of phenols is 1. The lowest BCUT2D eigenvalue weighted by atomic mass is 10.1. The molecule has 11 nitrogen and oxygen atoms in total. The van der Waals surface area contributed by atoms with Gasteiger partial charge in [-0.05, 0) is 18.1 Å². The van der Waals surface area contributed by atoms with Crippen LogP contribution in [0, 0.1) is 5.92 Å². The van der Waals surface area contributed by atoms with Crippen LogP contribution in [0.3, 0.4) is 0 Å². The summed E-state index contributed by atoms with van der Waals surface area (Å²) >= 11 is 0. The van der Waals surface area contributed by atoms with Crippen molar-refractivity contribution in [2.24, 2.45) is 5.92 Å². The number of nitrogens with one attached hydrogen (secondary N) is 2. The first kappa shape index (κ1) is 23.3. The SMILES string of the molecule is CC(C)Cc1nc2nc(Nc3ccc(N4CCOCC4)cc3O)nc(C(=O)N3CCOCC3)c2[nH]1. The average Bonchev–Trinajstić information content (AvgIpc) is 3.27. The Morgan fingerprint density at radius 3 is 2.49 bits per heavy atom. The van der Waals surface area contributed by atoms with Gasteiger partial charge in [-0.2, -0.15) is 4.98 Å². The number of aromatic hydroxyl groups is 1. The van der Waals surface area contributed by atoms with Crippen LogP contribution in [-0.4, -0.2) is 88.5 Å². The molecule has 1 amide bonds. The normalized spacial score (nSPS) is 16.8. The minimum Gasteiger partial charge on any atom is -0.506 e. The van der Waals surface area contributed by atoms with E-state index in [4.69, 9.17) is 9.47 Å². The van der Waals surface area contributed by atoms with Crippen LogP contribution in [-0.2, 0) is 15.9 Å². The predicted molar refractivity (Wildman–Crippen MR) is 131 cm³/mol. The number of hydrogen-bond acceptors (Lipinski definition) is 9. The molecule has 2 saturated heterocycles. The maximum atomic E-state index is 13.4. The summed E-state index contributed by atoms with van der Waals surface area (Å²) in [6, 6.07) is 5.42. The van der Waals surface area contributed by atoms with Gasteiger partial charge in [0.05, 0.1) is 32.1 Å². The van der Waals surface area contributed by atoms with E-state index in [2.05, 4.69) is 44.0 Å². The summed E-state index contributed by atoms with van der Waals surface area (Å²) < 4.78 is 10.8. The standard InChI is InChI=1S/C24H31N7O4/c1-15(2)13-19-26-20-21(23(33)31-7-11-35-12-8-31)28-24(29-22(20)27-19)25-17-4-3-16(14-18(17)32)30-5-9-34-10-6-30/h3-4,14-15,32H,5-13H2,1-2H3,(H2,25,26,27,28,29). The van der Waals surface area contributed by atoms with Crippen molar-refractivity contribution in [2.45, 2.75) is 20.3 Å². The Morgan fingerprint density at radius 1 is 1.09 bits per heavy atom. The van der Waals surface area contributed by atoms with E-state index in [1.54, 1.807) is 17.0 Å². The van der Waals surface area contributed by atoms with Gasteiger partial charge < -0.3 is 34.7 Å². The van der Waals surface area contributed by atoms with Crippen LogP contribution in [0.1, 0.15) is 30.2 Å². The molecule has 0 saturated carbocycles. The minimum absolute atomic E-state index is 0.0706. The molecular formula is C24H31N7O4. The third kappa shape index (κ3) is 5.15. The van der Waals surface area contributed by atoms with Crippen LogP contribution in [0.4, 0.5) is 17.3 Å². The van der Waals surface area contributed by atoms with Gasteiger partial charge in [0.15, 0.2) is 11.3 Å². The number of morpholine rings is 2. The monoisotopic (exact) mass is 481 g/mol. The van der Waals surface area contributed by atoms with Crippen LogP contribution in [0.25, 0.3) is 11.2 Å². The second-order valence-corrected chi connectivity index (χ2v) is 9.21. The zero-order chi connectivity index (χ0) is 24.4. The third-order valence-electron chi connectivity index (χ3n) is 6.11. The summed E-state index contributed by atoms with van der Waals surface area (Å²) in [5.41, 5.74) is 2.56. The molecule has 35 heavy (non-hydrogen) atoms. The van der Waals surface area contributed by atoms with Gasteiger partial charge in [0.1, 0.15) is 17.1 Å². The molecule has 0 unspecified atom stereocenters. The van der Waals surface area contributed by atoms with Crippen LogP contribution in [0.2, 0.25) is 0 Å². The van der Waals surface area contributed by atoms with Gasteiger partial charge in [-0.15, -0.1) is 0 Å². The molecule has 5 rings (SSSR count). The predicted octanol–water partition coefficient (Wildman–Crippen LogP) is 2.31. The molecule has 3 aromatic rings. The first-order chi connectivity index (χ1) is 17.0. The second kappa shape index (κ2) is 10.0. The minimum atomic E-state index is -0.199. The number of H-pyrrole nitrogens is 1. The van der Waals surface area contributed by atoms with Crippen LogP contribution >= 0.6 is 0 Å². The molecule has 0 bridgehead atoms. The number of carbonyl (C=O) groups excluding carboxylic acids is 1. The van der Waals surface area contributed by atoms with Gasteiger partial charge in [-0.1, -0.05) is 13.8 Å². The fraction of sp³-hybridized carbons (Fsp3) is 0.500. The number of anilines is 3. The Labute approximate surface area is 203 Å². The summed E-state index contributed by atoms with van der Waals surface area (Å²) in [6.45, 7) is 9.09. The highest BCUT2D eigenvalue weighted by molar-refractivity contribution is 6.02. The maximum Gasteiger partial charge on any atom is 0.275 e. The highest BCUT2D eigenvalue weighted by Gasteiger charge is 2.25. The number of hydrogen-bond donors (Lipinski definition) is 3. The molecule has 4 heterocycles. The number of carbonyl (C=O) groups is 1. The third-order valence-corrected chi connectivity index (χ3v) is 6.11. The van der Waals surface area contributed by atoms with Gasteiger partial charge in [-0.3, -0.25) is 4.79 Å². The summed E-state index contributed by atoms with van der Waals surface area (Å²) in [4.78, 5) is 34.2. The number of imidazole rings is 1. The molecule has 2 aliphatic rings. The number of rotatable bonds is 6. The molecule has 1 aromatic carbocycles. The van der Waals surface area contributed by atoms with E-state index in [9.17, 15) is 9.90 Å². The van der Waals surface area contributed by atoms with E-state index >= 15 is 0 Å². The van der Waals surface area contributed by atoms with E-state index in [1.807, 2.05) is 6.07 Å². The molecule has 0 spiro atoms. The number of nitrogens with zero attached hydrogens (tertiary/aromatic N) is 5. The molecule has 2 aromatic heterocycles. The summed E-state index contributed by atoms with van der Waals surface area (Å²) in [7, 11) is 0. The van der Waals surface area contributed by atoms with E-state index in [1.165, 1.54) is 0 Å². The number of benzene rings is 1. The fourth-order valence-electron chi connectivity index (χ4n) is 4.32. The first-order valence-corrected chi connectivity index (χ1v) is 12.0. The van der Waals surface area contributed by atoms with Gasteiger partial charge in [0, 0.05) is 44.4 Å². The number of fused-ring (bicyclic) bond motifs is 1. The van der Waals surface area contributed by atoms with Gasteiger partial charge in [0.25, 0.3) is 5.91 Å². The Balaban J connectivity index is 1.47. The van der Waals surface area contributed by atoms with Crippen molar-refractivity contribution in [1.82, 2.24) is 24.8 Å². The summed E-state index contributed by atoms with van der Waals surface area (Å²) in [5, 5.41) is 13.8. The molecule has 3 N–H and O–H groups in total. The summed E-state index contributed by atoms with van der Waals surface area (Å²) in [5.74, 6) is 1.22. The molecule has 11 heteroatoms. The number of aromatic amines is 1. The molecule has 2 fully saturated rings. The van der Waals surface area contributed by atoms with Crippen molar-refractivity contribution >= 4 is 34.4 Å². The Kier molecular flexibility index (Phi) is 6.69. The zero-order valence-corrected chi connectivity index (χ0v) is 20.1. The zero-order valence-electron chi connectivity index (χ0n) is 20.1. The Bertz CT molecular complexity index is 1200. The Morgan fingerprint density at radius 2 is 1.80 bits per heavy atom. The van der Waals surface area contributed by atoms with E-state index in [0.717, 1.165) is 31.0 Å². The van der Waals surface area contributed by atoms with Gasteiger partial charge in [0.2, 0.25) is 5.95 Å². The number of ether oxygens (including phenoxy) is 2. The molecular weight excluding hydrogens is 450 g/mol. The molecule has 186 valence electrons. The van der Waals surface area contributed by atoms with Crippen molar-refractivity contribution in [3.63, 3.8) is 0 Å². The van der Waals surface area contributed by atoms with E-state index < -0.39 is 0 Å². The molecule has 0 radical (unpaired) electrons. The Hall–Kier alpha value is -3.44. The quantitative estimate of drug-likeness (QED) is 0.454. The van der Waals surface area contributed by atoms with Crippen molar-refractivity contribution in [2.75, 3.05) is 62.8 Å². The van der Waals surface area contributed by atoms with E-state index in [0.29, 0.717) is 62.3 Å². The van der Waals surface area contributed by atoms with Gasteiger partial charge in [-0.25, -0.2) is 9.97 Å². The maximum absolute atomic E-state index is 13.4. The first-order valence-electron chi connectivity index (χ1n) is 12.0. The second-order valence-electron chi connectivity index (χ2n) is 9.21. The molecule has 0 aliphatic carbocycles. The van der Waals surface area contributed by atoms with Crippen LogP contribution in [0.5, 0.6) is 5.75 Å². The average molecular weight is 482 g/mol. The number of amides is 1. The van der Waals surface area contributed by atoms with Crippen molar-refractivity contribution in [3.8, 4) is 5.75 Å². The van der Waals surface area contributed by atoms with Crippen molar-refractivity contribution in [1.29, 1.82) is 0 Å². The lowest BCUT2D eigenvalue weighted by Gasteiger charge is -2.29. The van der Waals surface area contributed by atoms with Crippen molar-refractivity contribution < 1.29 is 19.4 Å². The highest BCUT2D eigenvalue weighted by atomic mass is 16.5. The number of aromatic nitrogens is 4. The smallest absolute Gasteiger partial charge is 0.275 e. The summed E-state index contributed by atoms with van der Waals surface area (Å²) in [6.07, 6.45) is 0.730. The molecule has 0 atom stereocenters. The fourth-order valence-corrected chi connectivity index (χ4v) is 4.32. The highest BCUT2D eigenvalue weighted by Crippen LogP contribution is 2.31.